The molecule has 0 fully saturated rings. The van der Waals surface area contributed by atoms with Crippen LogP contribution in [0.2, 0.25) is 0 Å². The smallest absolute Gasteiger partial charge is 0.0563 e. The highest BCUT2D eigenvalue weighted by atomic mass is 15.2. The Hall–Kier alpha value is -5.78. The number of para-hydroxylation sites is 3. The van der Waals surface area contributed by atoms with E-state index >= 15 is 0 Å². The maximum atomic E-state index is 3.49. The van der Waals surface area contributed by atoms with E-state index in [4.69, 9.17) is 0 Å². The third-order valence-corrected chi connectivity index (χ3v) is 10.3. The molecule has 8 rings (SSSR count). The monoisotopic (exact) mass is 646 g/mol. The van der Waals surface area contributed by atoms with Gasteiger partial charge in [-0.15, -0.1) is 0 Å². The Balaban J connectivity index is 1.06. The molecule has 244 valence electrons. The number of anilines is 4. The Kier molecular flexibility index (Phi) is 8.35. The highest BCUT2D eigenvalue weighted by molar-refractivity contribution is 5.91. The van der Waals surface area contributed by atoms with Crippen molar-refractivity contribution in [3.8, 4) is 11.8 Å². The zero-order chi connectivity index (χ0) is 34.1. The molecule has 0 spiro atoms. The molecule has 0 radical (unpaired) electrons. The van der Waals surface area contributed by atoms with Gasteiger partial charge in [-0.05, 0) is 120 Å². The Morgan fingerprint density at radius 2 is 1.20 bits per heavy atom. The molecule has 0 aliphatic heterocycles. The van der Waals surface area contributed by atoms with Crippen LogP contribution in [0.3, 0.4) is 0 Å². The molecule has 0 bridgehead atoms. The Morgan fingerprint density at radius 3 is 1.82 bits per heavy atom. The van der Waals surface area contributed by atoms with Gasteiger partial charge in [0.25, 0.3) is 0 Å². The van der Waals surface area contributed by atoms with Crippen molar-refractivity contribution in [3.63, 3.8) is 0 Å². The second-order valence-electron chi connectivity index (χ2n) is 14.1. The number of allylic oxidation sites excluding steroid dienone is 5. The van der Waals surface area contributed by atoms with Crippen LogP contribution >= 0.6 is 0 Å². The van der Waals surface area contributed by atoms with E-state index in [1.54, 1.807) is 0 Å². The van der Waals surface area contributed by atoms with E-state index in [-0.39, 0.29) is 11.5 Å². The predicted molar refractivity (Wildman–Crippen MR) is 211 cm³/mol. The number of fused-ring (bicyclic) bond motifs is 3. The van der Waals surface area contributed by atoms with Crippen LogP contribution in [0.1, 0.15) is 55.9 Å². The summed E-state index contributed by atoms with van der Waals surface area (Å²) in [7, 11) is 0. The first-order valence-corrected chi connectivity index (χ1v) is 17.8. The fraction of sp³-hybridized carbons (Fsp3) is 0.167. The number of nitrogens with zero attached hydrogens (tertiary/aromatic N) is 2. The van der Waals surface area contributed by atoms with Crippen LogP contribution in [-0.2, 0) is 5.41 Å². The van der Waals surface area contributed by atoms with Crippen molar-refractivity contribution in [2.24, 2.45) is 5.92 Å². The van der Waals surface area contributed by atoms with Crippen LogP contribution in [0.15, 0.2) is 175 Å². The van der Waals surface area contributed by atoms with Gasteiger partial charge in [-0.2, -0.15) is 0 Å². The molecule has 0 saturated heterocycles. The van der Waals surface area contributed by atoms with Crippen LogP contribution < -0.4 is 9.80 Å². The molecule has 3 aliphatic rings. The van der Waals surface area contributed by atoms with Crippen molar-refractivity contribution in [1.29, 1.82) is 0 Å². The lowest BCUT2D eigenvalue weighted by Crippen LogP contribution is -2.35. The van der Waals surface area contributed by atoms with Gasteiger partial charge in [-0.25, -0.2) is 0 Å². The van der Waals surface area contributed by atoms with E-state index in [2.05, 4.69) is 206 Å². The minimum atomic E-state index is -0.120. The highest BCUT2D eigenvalue weighted by Crippen LogP contribution is 2.52. The van der Waals surface area contributed by atoms with E-state index in [1.165, 1.54) is 33.7 Å². The molecule has 5 aromatic carbocycles. The number of rotatable bonds is 6. The van der Waals surface area contributed by atoms with Gasteiger partial charge in [-0.3, -0.25) is 0 Å². The average molecular weight is 647 g/mol. The van der Waals surface area contributed by atoms with Gasteiger partial charge in [0.1, 0.15) is 0 Å². The minimum absolute atomic E-state index is 0.120. The summed E-state index contributed by atoms with van der Waals surface area (Å²) in [6, 6.07) is 47.5. The summed E-state index contributed by atoms with van der Waals surface area (Å²) in [5.74, 6) is 7.52. The van der Waals surface area contributed by atoms with Crippen LogP contribution in [-0.4, -0.2) is 6.04 Å². The average Bonchev–Trinajstić information content (AvgIpc) is 3.38. The molecule has 0 saturated carbocycles. The van der Waals surface area contributed by atoms with Crippen LogP contribution in [0.5, 0.6) is 0 Å². The van der Waals surface area contributed by atoms with E-state index in [9.17, 15) is 0 Å². The van der Waals surface area contributed by atoms with E-state index in [1.807, 2.05) is 0 Å². The van der Waals surface area contributed by atoms with Gasteiger partial charge >= 0.3 is 0 Å². The molecule has 50 heavy (non-hydrogen) atoms. The molecule has 2 unspecified atom stereocenters. The van der Waals surface area contributed by atoms with Crippen molar-refractivity contribution in [2.45, 2.75) is 45.1 Å². The quantitative estimate of drug-likeness (QED) is 0.169. The lowest BCUT2D eigenvalue weighted by Gasteiger charge is -2.37. The molecule has 0 aromatic heterocycles. The zero-order valence-electron chi connectivity index (χ0n) is 29.1. The molecule has 0 N–H and O–H groups in total. The summed E-state index contributed by atoms with van der Waals surface area (Å²) < 4.78 is 0. The summed E-state index contributed by atoms with van der Waals surface area (Å²) in [6.07, 6.45) is 14.1. The molecular weight excluding hydrogens is 605 g/mol. The second-order valence-corrected chi connectivity index (χ2v) is 14.1. The maximum Gasteiger partial charge on any atom is 0.0563 e. The molecule has 2 nitrogen and oxygen atoms in total. The van der Waals surface area contributed by atoms with Crippen molar-refractivity contribution in [3.05, 3.63) is 197 Å². The highest BCUT2D eigenvalue weighted by Gasteiger charge is 2.40. The fourth-order valence-corrected chi connectivity index (χ4v) is 7.65. The number of hydrogen-bond acceptors (Lipinski definition) is 2. The molecule has 5 aromatic rings. The molecule has 2 atom stereocenters. The van der Waals surface area contributed by atoms with E-state index < -0.39 is 0 Å². The molecular formula is C48H42N2. The van der Waals surface area contributed by atoms with Crippen LogP contribution in [0.4, 0.5) is 22.7 Å². The van der Waals surface area contributed by atoms with Crippen molar-refractivity contribution < 1.29 is 0 Å². The standard InChI is InChI=1S/C48H42N2/c1-35-19-26-41(27-20-35)50(40-17-11-6-12-18-40)43-30-32-45-44-31-25-37(33-46(44)48(2,3)47(45)34-43)22-21-36-23-28-42(29-24-36)49(38-13-7-4-8-14-38)39-15-9-5-10-16-39/h4-19,23-29,31-35,43H,20,30H2,1-3H3. The second kappa shape index (κ2) is 13.3. The summed E-state index contributed by atoms with van der Waals surface area (Å²) in [6.45, 7) is 7.03. The molecule has 0 amide bonds. The van der Waals surface area contributed by atoms with Gasteiger partial charge in [-0.1, -0.05) is 118 Å². The molecule has 2 heteroatoms. The normalized spacial score (nSPS) is 18.4. The molecule has 3 aliphatic carbocycles. The lowest BCUT2D eigenvalue weighted by atomic mass is 9.79. The lowest BCUT2D eigenvalue weighted by molar-refractivity contribution is 0.640. The van der Waals surface area contributed by atoms with E-state index in [0.29, 0.717) is 5.92 Å². The maximum absolute atomic E-state index is 3.49. The predicted octanol–water partition coefficient (Wildman–Crippen LogP) is 11.9. The van der Waals surface area contributed by atoms with Gasteiger partial charge < -0.3 is 9.80 Å². The topological polar surface area (TPSA) is 6.48 Å². The molecule has 0 heterocycles. The Labute approximate surface area is 297 Å². The third kappa shape index (κ3) is 6.01. The number of hydrogen-bond donors (Lipinski definition) is 0. The fourth-order valence-electron chi connectivity index (χ4n) is 7.65. The largest absolute Gasteiger partial charge is 0.335 e. The minimum Gasteiger partial charge on any atom is -0.335 e. The summed E-state index contributed by atoms with van der Waals surface area (Å²) in [5.41, 5.74) is 13.3. The first-order valence-electron chi connectivity index (χ1n) is 17.8. The number of benzene rings is 5. The first-order chi connectivity index (χ1) is 24.5. The first kappa shape index (κ1) is 31.5. The van der Waals surface area contributed by atoms with Gasteiger partial charge in [0.15, 0.2) is 0 Å². The van der Waals surface area contributed by atoms with Gasteiger partial charge in [0, 0.05) is 45.0 Å². The van der Waals surface area contributed by atoms with Crippen molar-refractivity contribution in [2.75, 3.05) is 9.80 Å². The van der Waals surface area contributed by atoms with Crippen molar-refractivity contribution >= 4 is 28.3 Å². The summed E-state index contributed by atoms with van der Waals surface area (Å²) in [4.78, 5) is 4.80. The van der Waals surface area contributed by atoms with Gasteiger partial charge in [0.05, 0.1) is 6.04 Å². The SMILES string of the molecule is CC1C=CC(N(c2ccccc2)C2C=C3C(=CC2)c2ccc(C#Cc4ccc(N(c5ccccc5)c5ccccc5)cc4)cc2C3(C)C)=CC1. The zero-order valence-corrected chi connectivity index (χ0v) is 29.1. The van der Waals surface area contributed by atoms with E-state index in [0.717, 1.165) is 41.0 Å². The Bertz CT molecular complexity index is 2150. The summed E-state index contributed by atoms with van der Waals surface area (Å²) in [5, 5.41) is 0. The van der Waals surface area contributed by atoms with Crippen LogP contribution in [0.25, 0.3) is 5.57 Å². The van der Waals surface area contributed by atoms with Crippen molar-refractivity contribution in [1.82, 2.24) is 0 Å². The third-order valence-electron chi connectivity index (χ3n) is 10.3. The Morgan fingerprint density at radius 1 is 0.620 bits per heavy atom. The van der Waals surface area contributed by atoms with Crippen LogP contribution in [0, 0.1) is 17.8 Å². The summed E-state index contributed by atoms with van der Waals surface area (Å²) >= 11 is 0. The van der Waals surface area contributed by atoms with Gasteiger partial charge in [0.2, 0.25) is 0 Å².